The van der Waals surface area contributed by atoms with Gasteiger partial charge < -0.3 is 5.32 Å². The Morgan fingerprint density at radius 2 is 2.05 bits per heavy atom. The molecule has 1 atom stereocenters. The zero-order chi connectivity index (χ0) is 14.9. The second-order valence-corrected chi connectivity index (χ2v) is 9.89. The van der Waals surface area contributed by atoms with E-state index in [0.29, 0.717) is 0 Å². The van der Waals surface area contributed by atoms with Gasteiger partial charge >= 0.3 is 0 Å². The monoisotopic (exact) mass is 370 g/mol. The minimum Gasteiger partial charge on any atom is -0.309 e. The normalized spacial score (nSPS) is 27.9. The number of nitrogens with zero attached hydrogens (tertiary/aromatic N) is 1. The highest BCUT2D eigenvalue weighted by Crippen LogP contribution is 2.33. The summed E-state index contributed by atoms with van der Waals surface area (Å²) in [6.45, 7) is 8.10. The number of hydrogen-bond donors (Lipinski definition) is 1. The van der Waals surface area contributed by atoms with Gasteiger partial charge in [0.2, 0.25) is 0 Å². The topological polar surface area (TPSA) is 15.3 Å². The molecule has 1 saturated heterocycles. The number of hydrogen-bond acceptors (Lipinski definition) is 3. The maximum Gasteiger partial charge on any atom is 0.0701 e. The lowest BCUT2D eigenvalue weighted by Gasteiger charge is -2.48. The van der Waals surface area contributed by atoms with Crippen LogP contribution >= 0.6 is 27.3 Å². The third-order valence-electron chi connectivity index (χ3n) is 5.04. The molecule has 1 aromatic heterocycles. The van der Waals surface area contributed by atoms with E-state index in [1.165, 1.54) is 40.8 Å². The van der Waals surface area contributed by atoms with Crippen LogP contribution in [0.2, 0.25) is 0 Å². The lowest BCUT2D eigenvalue weighted by atomic mass is 9.81. The van der Waals surface area contributed by atoms with Crippen LogP contribution < -0.4 is 5.32 Å². The van der Waals surface area contributed by atoms with E-state index in [4.69, 9.17) is 0 Å². The first kappa shape index (κ1) is 16.0. The molecule has 0 bridgehead atoms. The number of thiophene rings is 1. The highest BCUT2D eigenvalue weighted by molar-refractivity contribution is 9.11. The van der Waals surface area contributed by atoms with Crippen molar-refractivity contribution in [1.82, 2.24) is 10.2 Å². The number of rotatable bonds is 3. The Morgan fingerprint density at radius 3 is 2.71 bits per heavy atom. The van der Waals surface area contributed by atoms with Crippen molar-refractivity contribution in [2.45, 2.75) is 64.1 Å². The first-order chi connectivity index (χ1) is 10.0. The number of piperazine rings is 1. The van der Waals surface area contributed by atoms with Gasteiger partial charge in [-0.1, -0.05) is 19.3 Å². The highest BCUT2D eigenvalue weighted by Gasteiger charge is 2.36. The van der Waals surface area contributed by atoms with Gasteiger partial charge in [-0.2, -0.15) is 0 Å². The molecule has 2 aliphatic rings. The van der Waals surface area contributed by atoms with Gasteiger partial charge in [0.15, 0.2) is 0 Å². The fourth-order valence-electron chi connectivity index (χ4n) is 3.98. The van der Waals surface area contributed by atoms with Crippen LogP contribution in [-0.4, -0.2) is 29.6 Å². The second kappa shape index (κ2) is 6.69. The molecule has 2 nitrogen and oxygen atoms in total. The molecule has 1 aliphatic heterocycles. The van der Waals surface area contributed by atoms with Crippen molar-refractivity contribution < 1.29 is 0 Å². The van der Waals surface area contributed by atoms with Crippen molar-refractivity contribution in [3.8, 4) is 0 Å². The smallest absolute Gasteiger partial charge is 0.0701 e. The number of halogens is 1. The molecular weight excluding hydrogens is 344 g/mol. The second-order valence-electron chi connectivity index (χ2n) is 7.34. The van der Waals surface area contributed by atoms with Crippen molar-refractivity contribution in [2.24, 2.45) is 5.92 Å². The molecule has 1 aromatic rings. The summed E-state index contributed by atoms with van der Waals surface area (Å²) in [6.07, 6.45) is 7.17. The van der Waals surface area contributed by atoms with Crippen LogP contribution in [0, 0.1) is 5.92 Å². The average Bonchev–Trinajstić information content (AvgIpc) is 2.84. The van der Waals surface area contributed by atoms with Gasteiger partial charge in [0.05, 0.1) is 3.79 Å². The zero-order valence-electron chi connectivity index (χ0n) is 13.2. The minimum atomic E-state index is 0.236. The van der Waals surface area contributed by atoms with Crippen LogP contribution in [0.25, 0.3) is 0 Å². The highest BCUT2D eigenvalue weighted by atomic mass is 79.9. The summed E-state index contributed by atoms with van der Waals surface area (Å²) in [6, 6.07) is 5.18. The van der Waals surface area contributed by atoms with E-state index in [0.717, 1.165) is 31.6 Å². The molecule has 0 radical (unpaired) electrons. The molecule has 3 rings (SSSR count). The fourth-order valence-corrected chi connectivity index (χ4v) is 5.49. The summed E-state index contributed by atoms with van der Waals surface area (Å²) in [5.41, 5.74) is 0.236. The summed E-state index contributed by atoms with van der Waals surface area (Å²) in [7, 11) is 0. The molecule has 2 heterocycles. The molecule has 1 unspecified atom stereocenters. The molecule has 1 N–H and O–H groups in total. The van der Waals surface area contributed by atoms with Gasteiger partial charge in [-0.25, -0.2) is 0 Å². The molecule has 0 amide bonds. The van der Waals surface area contributed by atoms with E-state index >= 15 is 0 Å². The van der Waals surface area contributed by atoms with Crippen LogP contribution in [0.5, 0.6) is 0 Å². The van der Waals surface area contributed by atoms with Crippen molar-refractivity contribution in [1.29, 1.82) is 0 Å². The summed E-state index contributed by atoms with van der Waals surface area (Å²) in [5, 5.41) is 3.78. The first-order valence-corrected chi connectivity index (χ1v) is 9.88. The molecule has 21 heavy (non-hydrogen) atoms. The predicted octanol–water partition coefficient (Wildman–Crippen LogP) is 4.64. The Balaban J connectivity index is 1.73. The lowest BCUT2D eigenvalue weighted by Crippen LogP contribution is -2.63. The molecule has 0 spiro atoms. The number of nitrogens with one attached hydrogen (secondary N) is 1. The van der Waals surface area contributed by atoms with E-state index in [1.807, 2.05) is 11.3 Å². The first-order valence-electron chi connectivity index (χ1n) is 8.27. The molecule has 0 aromatic carbocycles. The SMILES string of the molecule is CC1(C)CN(Cc2ccc(Br)s2)C(C2CCCCC2)CN1. The van der Waals surface area contributed by atoms with E-state index in [1.54, 1.807) is 0 Å². The van der Waals surface area contributed by atoms with Crippen LogP contribution in [0.15, 0.2) is 15.9 Å². The van der Waals surface area contributed by atoms with Crippen LogP contribution in [0.3, 0.4) is 0 Å². The summed E-state index contributed by atoms with van der Waals surface area (Å²) >= 11 is 5.48. The quantitative estimate of drug-likeness (QED) is 0.833. The Labute approximate surface area is 141 Å². The standard InChI is InChI=1S/C17H27BrN2S/c1-17(2)12-20(11-14-8-9-16(18)21-14)15(10-19-17)13-6-4-3-5-7-13/h8-9,13,15,19H,3-7,10-12H2,1-2H3. The third-order valence-corrected chi connectivity index (χ3v) is 6.65. The molecule has 1 aliphatic carbocycles. The summed E-state index contributed by atoms with van der Waals surface area (Å²) in [4.78, 5) is 4.24. The van der Waals surface area contributed by atoms with Crippen molar-refractivity contribution in [2.75, 3.05) is 13.1 Å². The van der Waals surface area contributed by atoms with Crippen LogP contribution in [-0.2, 0) is 6.54 Å². The largest absolute Gasteiger partial charge is 0.309 e. The third kappa shape index (κ3) is 4.10. The Morgan fingerprint density at radius 1 is 1.29 bits per heavy atom. The Hall–Kier alpha value is 0.1000. The predicted molar refractivity (Wildman–Crippen MR) is 94.9 cm³/mol. The van der Waals surface area contributed by atoms with E-state index in [9.17, 15) is 0 Å². The molecule has 1 saturated carbocycles. The molecule has 4 heteroatoms. The summed E-state index contributed by atoms with van der Waals surface area (Å²) in [5.74, 6) is 0.894. The maximum absolute atomic E-state index is 3.78. The van der Waals surface area contributed by atoms with Gasteiger partial charge in [0.1, 0.15) is 0 Å². The van der Waals surface area contributed by atoms with E-state index < -0.39 is 0 Å². The van der Waals surface area contributed by atoms with Crippen molar-refractivity contribution in [3.63, 3.8) is 0 Å². The van der Waals surface area contributed by atoms with Crippen molar-refractivity contribution in [3.05, 3.63) is 20.8 Å². The molecule has 118 valence electrons. The van der Waals surface area contributed by atoms with Crippen molar-refractivity contribution >= 4 is 27.3 Å². The average molecular weight is 371 g/mol. The van der Waals surface area contributed by atoms with E-state index in [-0.39, 0.29) is 5.54 Å². The summed E-state index contributed by atoms with van der Waals surface area (Å²) < 4.78 is 1.25. The molecule has 2 fully saturated rings. The maximum atomic E-state index is 3.78. The zero-order valence-corrected chi connectivity index (χ0v) is 15.6. The van der Waals surface area contributed by atoms with Gasteiger partial charge in [0.25, 0.3) is 0 Å². The van der Waals surface area contributed by atoms with Gasteiger partial charge in [-0.05, 0) is 60.7 Å². The fraction of sp³-hybridized carbons (Fsp3) is 0.765. The van der Waals surface area contributed by atoms with Crippen LogP contribution in [0.1, 0.15) is 50.8 Å². The van der Waals surface area contributed by atoms with Crippen LogP contribution in [0.4, 0.5) is 0 Å². The van der Waals surface area contributed by atoms with Gasteiger partial charge in [0, 0.05) is 36.1 Å². The Kier molecular flexibility index (Phi) is 5.09. The lowest BCUT2D eigenvalue weighted by molar-refractivity contribution is 0.0426. The Bertz CT molecular complexity index is 465. The molecular formula is C17H27BrN2S. The van der Waals surface area contributed by atoms with Gasteiger partial charge in [-0.3, -0.25) is 4.90 Å². The minimum absolute atomic E-state index is 0.236. The van der Waals surface area contributed by atoms with E-state index in [2.05, 4.69) is 52.1 Å². The van der Waals surface area contributed by atoms with Gasteiger partial charge in [-0.15, -0.1) is 11.3 Å².